The highest BCUT2D eigenvalue weighted by Crippen LogP contribution is 2.24. The summed E-state index contributed by atoms with van der Waals surface area (Å²) in [6, 6.07) is 11.4. The summed E-state index contributed by atoms with van der Waals surface area (Å²) in [5.74, 6) is 0.716. The van der Waals surface area contributed by atoms with Gasteiger partial charge in [0.15, 0.2) is 0 Å². The van der Waals surface area contributed by atoms with Crippen LogP contribution in [0.15, 0.2) is 55.0 Å². The van der Waals surface area contributed by atoms with Gasteiger partial charge in [-0.1, -0.05) is 12.8 Å². The highest BCUT2D eigenvalue weighted by atomic mass is 16.2. The average molecular weight is 477 g/mol. The second-order valence-corrected chi connectivity index (χ2v) is 9.24. The SMILES string of the molecule is NCCCNc1ccc(C(=O)N2CCC(CCCCNC(=O)c3ccc4nccn4c3)CC2)cc1. The lowest BCUT2D eigenvalue weighted by Gasteiger charge is -2.32. The molecule has 0 bridgehead atoms. The third-order valence-electron chi connectivity index (χ3n) is 6.72. The van der Waals surface area contributed by atoms with E-state index in [0.717, 1.165) is 75.1 Å². The van der Waals surface area contributed by atoms with Gasteiger partial charge in [0, 0.05) is 56.0 Å². The number of carbonyl (C=O) groups excluding carboxylic acids is 2. The van der Waals surface area contributed by atoms with Crippen LogP contribution in [-0.4, -0.2) is 58.8 Å². The number of nitrogens with two attached hydrogens (primary N) is 1. The van der Waals surface area contributed by atoms with E-state index in [0.29, 0.717) is 24.6 Å². The summed E-state index contributed by atoms with van der Waals surface area (Å²) in [4.78, 5) is 31.4. The van der Waals surface area contributed by atoms with Crippen molar-refractivity contribution in [1.82, 2.24) is 19.6 Å². The fourth-order valence-corrected chi connectivity index (χ4v) is 4.59. The van der Waals surface area contributed by atoms with Gasteiger partial charge in [0.1, 0.15) is 5.65 Å². The lowest BCUT2D eigenvalue weighted by Crippen LogP contribution is -2.38. The van der Waals surface area contributed by atoms with Gasteiger partial charge >= 0.3 is 0 Å². The Balaban J connectivity index is 1.11. The number of benzene rings is 1. The van der Waals surface area contributed by atoms with Gasteiger partial charge in [-0.05, 0) is 74.5 Å². The Labute approximate surface area is 206 Å². The summed E-state index contributed by atoms with van der Waals surface area (Å²) >= 11 is 0. The summed E-state index contributed by atoms with van der Waals surface area (Å²) in [5, 5.41) is 6.33. The Bertz CT molecular complexity index is 1100. The molecule has 1 aromatic carbocycles. The number of imidazole rings is 1. The van der Waals surface area contributed by atoms with Gasteiger partial charge in [-0.25, -0.2) is 4.98 Å². The molecular weight excluding hydrogens is 440 g/mol. The molecule has 4 N–H and O–H groups in total. The molecule has 1 fully saturated rings. The number of anilines is 1. The lowest BCUT2D eigenvalue weighted by molar-refractivity contribution is 0.0686. The van der Waals surface area contributed by atoms with Crippen LogP contribution in [0.25, 0.3) is 5.65 Å². The van der Waals surface area contributed by atoms with E-state index in [9.17, 15) is 9.59 Å². The number of pyridine rings is 1. The molecule has 0 radical (unpaired) electrons. The van der Waals surface area contributed by atoms with E-state index in [-0.39, 0.29) is 11.8 Å². The fourth-order valence-electron chi connectivity index (χ4n) is 4.59. The van der Waals surface area contributed by atoms with Gasteiger partial charge in [-0.2, -0.15) is 0 Å². The van der Waals surface area contributed by atoms with Crippen molar-refractivity contribution in [3.63, 3.8) is 0 Å². The molecule has 0 atom stereocenters. The van der Waals surface area contributed by atoms with Gasteiger partial charge in [-0.3, -0.25) is 9.59 Å². The second-order valence-electron chi connectivity index (χ2n) is 9.24. The number of likely N-dealkylation sites (tertiary alicyclic amines) is 1. The van der Waals surface area contributed by atoms with Crippen molar-refractivity contribution < 1.29 is 9.59 Å². The maximum absolute atomic E-state index is 12.9. The first-order chi connectivity index (χ1) is 17.1. The van der Waals surface area contributed by atoms with E-state index < -0.39 is 0 Å². The summed E-state index contributed by atoms with van der Waals surface area (Å²) in [5.41, 5.74) is 8.76. The molecule has 186 valence electrons. The van der Waals surface area contributed by atoms with Crippen molar-refractivity contribution in [2.75, 3.05) is 38.0 Å². The van der Waals surface area contributed by atoms with Crippen LogP contribution in [-0.2, 0) is 0 Å². The van der Waals surface area contributed by atoms with E-state index in [4.69, 9.17) is 5.73 Å². The average Bonchev–Trinajstić information content (AvgIpc) is 3.37. The minimum Gasteiger partial charge on any atom is -0.385 e. The minimum absolute atomic E-state index is 0.0493. The molecule has 0 unspecified atom stereocenters. The fraction of sp³-hybridized carbons (Fsp3) is 0.444. The van der Waals surface area contributed by atoms with Gasteiger partial charge in [0.2, 0.25) is 0 Å². The number of hydrogen-bond donors (Lipinski definition) is 3. The molecule has 35 heavy (non-hydrogen) atoms. The van der Waals surface area contributed by atoms with Gasteiger partial charge in [0.25, 0.3) is 11.8 Å². The third-order valence-corrected chi connectivity index (χ3v) is 6.72. The van der Waals surface area contributed by atoms with Crippen LogP contribution in [0.1, 0.15) is 59.2 Å². The first-order valence-corrected chi connectivity index (χ1v) is 12.7. The number of nitrogens with zero attached hydrogens (tertiary/aromatic N) is 3. The minimum atomic E-state index is -0.0493. The topological polar surface area (TPSA) is 105 Å². The van der Waals surface area contributed by atoms with Crippen molar-refractivity contribution in [1.29, 1.82) is 0 Å². The van der Waals surface area contributed by atoms with Crippen LogP contribution >= 0.6 is 0 Å². The molecule has 1 aliphatic rings. The summed E-state index contributed by atoms with van der Waals surface area (Å²) in [7, 11) is 0. The third kappa shape index (κ3) is 6.82. The molecular formula is C27H36N6O2. The summed E-state index contributed by atoms with van der Waals surface area (Å²) in [6.07, 6.45) is 11.6. The quantitative estimate of drug-likeness (QED) is 0.367. The van der Waals surface area contributed by atoms with E-state index in [2.05, 4.69) is 15.6 Å². The number of carbonyl (C=O) groups is 2. The number of aromatic nitrogens is 2. The van der Waals surface area contributed by atoms with Crippen molar-refractivity contribution in [3.05, 3.63) is 66.1 Å². The molecule has 3 heterocycles. The zero-order chi connectivity index (χ0) is 24.5. The molecule has 0 saturated carbocycles. The maximum Gasteiger partial charge on any atom is 0.253 e. The van der Waals surface area contributed by atoms with Crippen molar-refractivity contribution in [2.24, 2.45) is 11.7 Å². The van der Waals surface area contributed by atoms with Crippen LogP contribution in [0, 0.1) is 5.92 Å². The molecule has 8 nitrogen and oxygen atoms in total. The van der Waals surface area contributed by atoms with Gasteiger partial charge in [0.05, 0.1) is 5.56 Å². The number of hydrogen-bond acceptors (Lipinski definition) is 5. The van der Waals surface area contributed by atoms with Gasteiger partial charge < -0.3 is 25.7 Å². The predicted molar refractivity (Wildman–Crippen MR) is 139 cm³/mol. The van der Waals surface area contributed by atoms with Crippen LogP contribution in [0.3, 0.4) is 0 Å². The Morgan fingerprint density at radius 1 is 0.971 bits per heavy atom. The highest BCUT2D eigenvalue weighted by molar-refractivity contribution is 5.95. The molecule has 2 amide bonds. The first-order valence-electron chi connectivity index (χ1n) is 12.7. The zero-order valence-electron chi connectivity index (χ0n) is 20.3. The maximum atomic E-state index is 12.9. The molecule has 0 spiro atoms. The number of fused-ring (bicyclic) bond motifs is 1. The molecule has 3 aromatic rings. The molecule has 4 rings (SSSR count). The number of nitrogens with one attached hydrogen (secondary N) is 2. The smallest absolute Gasteiger partial charge is 0.253 e. The standard InChI is InChI=1S/C27H36N6O2/c28-13-3-15-29-24-8-5-22(6-9-24)27(35)32-17-11-21(12-18-32)4-1-2-14-31-26(34)23-7-10-25-30-16-19-33(25)20-23/h5-10,16,19-21,29H,1-4,11-15,17-18,28H2,(H,31,34). The van der Waals surface area contributed by atoms with Crippen molar-refractivity contribution in [3.8, 4) is 0 Å². The number of piperidine rings is 1. The Kier molecular flexibility index (Phi) is 8.73. The van der Waals surface area contributed by atoms with Crippen molar-refractivity contribution in [2.45, 2.75) is 38.5 Å². The molecule has 1 saturated heterocycles. The Hall–Kier alpha value is -3.39. The van der Waals surface area contributed by atoms with E-state index in [1.807, 2.05) is 45.8 Å². The monoisotopic (exact) mass is 476 g/mol. The van der Waals surface area contributed by atoms with Crippen LogP contribution in [0.4, 0.5) is 5.69 Å². The molecule has 0 aliphatic carbocycles. The zero-order valence-corrected chi connectivity index (χ0v) is 20.3. The Morgan fingerprint density at radius 3 is 2.51 bits per heavy atom. The Morgan fingerprint density at radius 2 is 1.74 bits per heavy atom. The van der Waals surface area contributed by atoms with E-state index in [1.165, 1.54) is 0 Å². The normalized spacial score (nSPS) is 14.3. The molecule has 2 aromatic heterocycles. The lowest BCUT2D eigenvalue weighted by atomic mass is 9.91. The number of amides is 2. The second kappa shape index (κ2) is 12.4. The van der Waals surface area contributed by atoms with Crippen LogP contribution in [0.2, 0.25) is 0 Å². The summed E-state index contributed by atoms with van der Waals surface area (Å²) < 4.78 is 1.85. The first kappa shape index (κ1) is 24.7. The summed E-state index contributed by atoms with van der Waals surface area (Å²) in [6.45, 7) is 3.81. The van der Waals surface area contributed by atoms with E-state index in [1.54, 1.807) is 18.5 Å². The predicted octanol–water partition coefficient (Wildman–Crippen LogP) is 3.55. The number of unbranched alkanes of at least 4 members (excludes halogenated alkanes) is 1. The van der Waals surface area contributed by atoms with Gasteiger partial charge in [-0.15, -0.1) is 0 Å². The van der Waals surface area contributed by atoms with Crippen LogP contribution in [0.5, 0.6) is 0 Å². The van der Waals surface area contributed by atoms with Crippen molar-refractivity contribution >= 4 is 23.1 Å². The van der Waals surface area contributed by atoms with E-state index >= 15 is 0 Å². The largest absolute Gasteiger partial charge is 0.385 e. The highest BCUT2D eigenvalue weighted by Gasteiger charge is 2.23. The number of rotatable bonds is 11. The molecule has 8 heteroatoms. The molecule has 1 aliphatic heterocycles. The van der Waals surface area contributed by atoms with Crippen LogP contribution < -0.4 is 16.4 Å².